The van der Waals surface area contributed by atoms with E-state index in [1.807, 2.05) is 0 Å². The van der Waals surface area contributed by atoms with Gasteiger partial charge >= 0.3 is 17.8 Å². The van der Waals surface area contributed by atoms with Gasteiger partial charge in [0.25, 0.3) is 5.56 Å². The van der Waals surface area contributed by atoms with Gasteiger partial charge in [0, 0.05) is 25.2 Å². The number of nitrogens with zero attached hydrogens (tertiary/aromatic N) is 3. The van der Waals surface area contributed by atoms with Gasteiger partial charge in [0.05, 0.1) is 30.3 Å². The summed E-state index contributed by atoms with van der Waals surface area (Å²) in [7, 11) is 1.18. The Morgan fingerprint density at radius 3 is 2.42 bits per heavy atom. The standard InChI is InChI=1S/C27H37FN4O6/c1-3-38-24(33)17-30(27(36)37-2)13-14-31-25(34)20-15-21(28)22(29-18-9-5-4-6-10-18)16-23(20)32(26(31)35)19-11-7-8-12-19/h15-16,18-19,29H,3-14,17H2,1-2H3. The van der Waals surface area contributed by atoms with E-state index in [0.29, 0.717) is 11.2 Å². The average molecular weight is 533 g/mol. The molecule has 1 aromatic heterocycles. The van der Waals surface area contributed by atoms with E-state index >= 15 is 4.39 Å². The van der Waals surface area contributed by atoms with Gasteiger partial charge in [-0.1, -0.05) is 32.1 Å². The van der Waals surface area contributed by atoms with Crippen LogP contribution in [0.5, 0.6) is 0 Å². The predicted molar refractivity (Wildman–Crippen MR) is 141 cm³/mol. The fourth-order valence-electron chi connectivity index (χ4n) is 5.63. The Hall–Kier alpha value is -3.37. The molecule has 0 radical (unpaired) electrons. The number of aromatic nitrogens is 2. The molecule has 0 bridgehead atoms. The van der Waals surface area contributed by atoms with Crippen molar-refractivity contribution in [3.05, 3.63) is 38.8 Å². The van der Waals surface area contributed by atoms with Crippen LogP contribution in [0, 0.1) is 5.82 Å². The summed E-state index contributed by atoms with van der Waals surface area (Å²) in [5.74, 6) is -1.17. The molecule has 1 heterocycles. The molecule has 2 fully saturated rings. The Bertz CT molecular complexity index is 1280. The van der Waals surface area contributed by atoms with Crippen molar-refractivity contribution < 1.29 is 23.5 Å². The maximum Gasteiger partial charge on any atom is 0.410 e. The van der Waals surface area contributed by atoms with Crippen LogP contribution in [0.4, 0.5) is 14.9 Å². The summed E-state index contributed by atoms with van der Waals surface area (Å²) in [5.41, 5.74) is -0.424. The van der Waals surface area contributed by atoms with Crippen molar-refractivity contribution >= 4 is 28.7 Å². The zero-order chi connectivity index (χ0) is 27.2. The normalized spacial score (nSPS) is 16.5. The van der Waals surface area contributed by atoms with Gasteiger partial charge in [0.15, 0.2) is 0 Å². The summed E-state index contributed by atoms with van der Waals surface area (Å²) >= 11 is 0. The number of hydrogen-bond donors (Lipinski definition) is 1. The van der Waals surface area contributed by atoms with Crippen molar-refractivity contribution in [2.24, 2.45) is 0 Å². The average Bonchev–Trinajstić information content (AvgIpc) is 3.44. The molecule has 208 valence electrons. The highest BCUT2D eigenvalue weighted by Crippen LogP contribution is 2.32. The minimum atomic E-state index is -0.785. The van der Waals surface area contributed by atoms with Crippen molar-refractivity contribution in [2.75, 3.05) is 32.1 Å². The van der Waals surface area contributed by atoms with E-state index in [2.05, 4.69) is 5.32 Å². The van der Waals surface area contributed by atoms with Crippen LogP contribution in [-0.2, 0) is 20.8 Å². The molecule has 0 aliphatic heterocycles. The van der Waals surface area contributed by atoms with Crippen LogP contribution in [-0.4, -0.2) is 58.9 Å². The third kappa shape index (κ3) is 6.02. The molecule has 2 aromatic rings. The third-order valence-electron chi connectivity index (χ3n) is 7.56. The number of benzene rings is 1. The summed E-state index contributed by atoms with van der Waals surface area (Å²) < 4.78 is 27.6. The number of halogens is 1. The summed E-state index contributed by atoms with van der Waals surface area (Å²) in [4.78, 5) is 52.5. The summed E-state index contributed by atoms with van der Waals surface area (Å²) in [6.07, 6.45) is 7.96. The molecule has 0 atom stereocenters. The molecule has 10 nitrogen and oxygen atoms in total. The van der Waals surface area contributed by atoms with E-state index in [-0.39, 0.29) is 43.7 Å². The van der Waals surface area contributed by atoms with Gasteiger partial charge in [-0.25, -0.2) is 14.0 Å². The highest BCUT2D eigenvalue weighted by molar-refractivity contribution is 5.82. The van der Waals surface area contributed by atoms with E-state index < -0.39 is 29.1 Å². The van der Waals surface area contributed by atoms with Crippen LogP contribution in [0.25, 0.3) is 10.9 Å². The number of hydrogen-bond acceptors (Lipinski definition) is 7. The fraction of sp³-hybridized carbons (Fsp3) is 0.630. The maximum atomic E-state index is 15.3. The Morgan fingerprint density at radius 1 is 1.08 bits per heavy atom. The van der Waals surface area contributed by atoms with Crippen molar-refractivity contribution in [1.82, 2.24) is 14.0 Å². The van der Waals surface area contributed by atoms with Gasteiger partial charge in [0.1, 0.15) is 12.4 Å². The zero-order valence-corrected chi connectivity index (χ0v) is 22.2. The second-order valence-electron chi connectivity index (χ2n) is 10.1. The van der Waals surface area contributed by atoms with E-state index in [9.17, 15) is 19.2 Å². The molecule has 0 saturated heterocycles. The molecule has 2 saturated carbocycles. The first-order valence-corrected chi connectivity index (χ1v) is 13.6. The van der Waals surface area contributed by atoms with Gasteiger partial charge in [0.2, 0.25) is 0 Å². The van der Waals surface area contributed by atoms with Gasteiger partial charge in [-0.05, 0) is 44.7 Å². The molecule has 0 unspecified atom stereocenters. The smallest absolute Gasteiger partial charge is 0.410 e. The largest absolute Gasteiger partial charge is 0.465 e. The number of carbonyl (C=O) groups is 2. The lowest BCUT2D eigenvalue weighted by Crippen LogP contribution is -2.45. The van der Waals surface area contributed by atoms with Crippen molar-refractivity contribution in [3.8, 4) is 0 Å². The van der Waals surface area contributed by atoms with Crippen LogP contribution < -0.4 is 16.6 Å². The predicted octanol–water partition coefficient (Wildman–Crippen LogP) is 3.79. The Kier molecular flexibility index (Phi) is 9.06. The summed E-state index contributed by atoms with van der Waals surface area (Å²) in [6.45, 7) is 1.09. The zero-order valence-electron chi connectivity index (χ0n) is 22.2. The molecular weight excluding hydrogens is 495 g/mol. The number of nitrogens with one attached hydrogen (secondary N) is 1. The van der Waals surface area contributed by atoms with Gasteiger partial charge in [-0.3, -0.25) is 23.6 Å². The lowest BCUT2D eigenvalue weighted by Gasteiger charge is -2.25. The number of amides is 1. The maximum absolute atomic E-state index is 15.3. The van der Waals surface area contributed by atoms with E-state index in [4.69, 9.17) is 9.47 Å². The van der Waals surface area contributed by atoms with Gasteiger partial charge < -0.3 is 14.8 Å². The van der Waals surface area contributed by atoms with E-state index in [0.717, 1.165) is 60.8 Å². The Labute approximate surface area is 220 Å². The second-order valence-corrected chi connectivity index (χ2v) is 10.1. The van der Waals surface area contributed by atoms with E-state index in [1.54, 1.807) is 17.6 Å². The Morgan fingerprint density at radius 2 is 1.76 bits per heavy atom. The lowest BCUT2D eigenvalue weighted by atomic mass is 9.95. The lowest BCUT2D eigenvalue weighted by molar-refractivity contribution is -0.144. The molecule has 2 aliphatic carbocycles. The SMILES string of the molecule is CCOC(=O)CN(CCn1c(=O)c2cc(F)c(NC3CCCCC3)cc2n(C2CCCC2)c1=O)C(=O)OC. The molecule has 1 aromatic carbocycles. The monoisotopic (exact) mass is 532 g/mol. The fourth-order valence-corrected chi connectivity index (χ4v) is 5.63. The quantitative estimate of drug-likeness (QED) is 0.489. The second kappa shape index (κ2) is 12.4. The highest BCUT2D eigenvalue weighted by atomic mass is 19.1. The number of ether oxygens (including phenoxy) is 2. The number of rotatable bonds is 9. The number of fused-ring (bicyclic) bond motifs is 1. The number of esters is 1. The molecule has 1 N–H and O–H groups in total. The van der Waals surface area contributed by atoms with Gasteiger partial charge in [-0.2, -0.15) is 0 Å². The number of anilines is 1. The third-order valence-corrected chi connectivity index (χ3v) is 7.56. The highest BCUT2D eigenvalue weighted by Gasteiger charge is 2.26. The first kappa shape index (κ1) is 27.7. The number of carbonyl (C=O) groups excluding carboxylic acids is 2. The minimum Gasteiger partial charge on any atom is -0.465 e. The molecule has 11 heteroatoms. The number of methoxy groups -OCH3 is 1. The van der Waals surface area contributed by atoms with E-state index in [1.165, 1.54) is 19.6 Å². The van der Waals surface area contributed by atoms with Crippen molar-refractivity contribution in [2.45, 2.75) is 83.3 Å². The molecule has 2 aliphatic rings. The van der Waals surface area contributed by atoms with Crippen LogP contribution in [0.1, 0.15) is 70.8 Å². The van der Waals surface area contributed by atoms with Crippen molar-refractivity contribution in [1.29, 1.82) is 0 Å². The molecular formula is C27H37FN4O6. The van der Waals surface area contributed by atoms with Crippen LogP contribution in [0.3, 0.4) is 0 Å². The molecule has 0 spiro atoms. The topological polar surface area (TPSA) is 112 Å². The van der Waals surface area contributed by atoms with Crippen LogP contribution in [0.2, 0.25) is 0 Å². The molecule has 1 amide bonds. The molecule has 38 heavy (non-hydrogen) atoms. The minimum absolute atomic E-state index is 0.109. The summed E-state index contributed by atoms with van der Waals surface area (Å²) in [6, 6.07) is 2.86. The van der Waals surface area contributed by atoms with Crippen molar-refractivity contribution in [3.63, 3.8) is 0 Å². The Balaban J connectivity index is 1.73. The first-order valence-electron chi connectivity index (χ1n) is 13.6. The first-order chi connectivity index (χ1) is 18.3. The molecule has 4 rings (SSSR count). The van der Waals surface area contributed by atoms with Gasteiger partial charge in [-0.15, -0.1) is 0 Å². The summed E-state index contributed by atoms with van der Waals surface area (Å²) in [5, 5.41) is 3.41. The van der Waals surface area contributed by atoms with Crippen LogP contribution in [0.15, 0.2) is 21.7 Å². The van der Waals surface area contributed by atoms with Crippen LogP contribution >= 0.6 is 0 Å².